The molecule has 7 nitrogen and oxygen atoms in total. The predicted octanol–water partition coefficient (Wildman–Crippen LogP) is 3.81. The van der Waals surface area contributed by atoms with Crippen molar-refractivity contribution in [3.05, 3.63) is 71.1 Å². The van der Waals surface area contributed by atoms with Crippen LogP contribution in [0.4, 0.5) is 5.13 Å². The summed E-state index contributed by atoms with van der Waals surface area (Å²) in [5.41, 5.74) is 3.12. The van der Waals surface area contributed by atoms with Crippen molar-refractivity contribution in [2.24, 2.45) is 0 Å². The van der Waals surface area contributed by atoms with Crippen LogP contribution in [0.15, 0.2) is 60.0 Å². The molecule has 2 aromatic carbocycles. The van der Waals surface area contributed by atoms with E-state index < -0.39 is 18.0 Å². The van der Waals surface area contributed by atoms with Crippen molar-refractivity contribution < 1.29 is 19.1 Å². The number of benzene rings is 2. The van der Waals surface area contributed by atoms with Crippen LogP contribution in [0.5, 0.6) is 0 Å². The number of carbonyl (C=O) groups is 3. The molecule has 0 spiro atoms. The second kappa shape index (κ2) is 10.5. The maximum atomic E-state index is 12.3. The van der Waals surface area contributed by atoms with Gasteiger partial charge in [0.25, 0.3) is 11.8 Å². The standard InChI is InChI=1S/C23H23N3O4S/c1-15-8-6-7-11-18(15)22(29)24-13-12-20(27)30-16(2)21(28)26-23-25-19(14-31-23)17-9-4-3-5-10-17/h3-11,14,16H,12-13H2,1-2H3,(H,24,29)(H,25,26,28). The van der Waals surface area contributed by atoms with Crippen molar-refractivity contribution in [1.29, 1.82) is 0 Å². The van der Waals surface area contributed by atoms with Gasteiger partial charge in [0, 0.05) is 23.1 Å². The minimum absolute atomic E-state index is 0.0371. The van der Waals surface area contributed by atoms with Gasteiger partial charge in [0.15, 0.2) is 11.2 Å². The number of aromatic nitrogens is 1. The van der Waals surface area contributed by atoms with Gasteiger partial charge in [0.2, 0.25) is 0 Å². The van der Waals surface area contributed by atoms with Crippen molar-refractivity contribution in [2.75, 3.05) is 11.9 Å². The summed E-state index contributed by atoms with van der Waals surface area (Å²) < 4.78 is 5.16. The van der Waals surface area contributed by atoms with Gasteiger partial charge in [-0.2, -0.15) is 0 Å². The smallest absolute Gasteiger partial charge is 0.308 e. The van der Waals surface area contributed by atoms with E-state index in [9.17, 15) is 14.4 Å². The third kappa shape index (κ3) is 6.23. The van der Waals surface area contributed by atoms with Crippen molar-refractivity contribution in [3.63, 3.8) is 0 Å². The zero-order chi connectivity index (χ0) is 22.2. The first kappa shape index (κ1) is 22.2. The molecule has 1 unspecified atom stereocenters. The Hall–Kier alpha value is -3.52. The lowest BCUT2D eigenvalue weighted by molar-refractivity contribution is -0.153. The Morgan fingerprint density at radius 1 is 1.06 bits per heavy atom. The van der Waals surface area contributed by atoms with Crippen LogP contribution in [0.1, 0.15) is 29.3 Å². The largest absolute Gasteiger partial charge is 0.452 e. The summed E-state index contributed by atoms with van der Waals surface area (Å²) in [5.74, 6) is -1.29. The molecule has 3 rings (SSSR count). The maximum absolute atomic E-state index is 12.3. The number of rotatable bonds is 8. The monoisotopic (exact) mass is 437 g/mol. The van der Waals surface area contributed by atoms with E-state index in [1.54, 1.807) is 12.1 Å². The summed E-state index contributed by atoms with van der Waals surface area (Å²) in [6.07, 6.45) is -1.02. The predicted molar refractivity (Wildman–Crippen MR) is 120 cm³/mol. The van der Waals surface area contributed by atoms with Crippen LogP contribution in [0, 0.1) is 6.92 Å². The number of hydrogen-bond donors (Lipinski definition) is 2. The van der Waals surface area contributed by atoms with Gasteiger partial charge in [-0.1, -0.05) is 48.5 Å². The molecule has 0 saturated heterocycles. The Bertz CT molecular complexity index is 1070. The van der Waals surface area contributed by atoms with Gasteiger partial charge in [0.05, 0.1) is 12.1 Å². The van der Waals surface area contributed by atoms with E-state index in [1.807, 2.05) is 54.8 Å². The fourth-order valence-corrected chi connectivity index (χ4v) is 3.51. The number of anilines is 1. The molecular weight excluding hydrogens is 414 g/mol. The Balaban J connectivity index is 1.43. The fraction of sp³-hybridized carbons (Fsp3) is 0.217. The van der Waals surface area contributed by atoms with E-state index in [0.29, 0.717) is 10.7 Å². The molecule has 0 radical (unpaired) electrons. The molecular formula is C23H23N3O4S. The molecule has 0 aliphatic heterocycles. The number of carbonyl (C=O) groups excluding carboxylic acids is 3. The summed E-state index contributed by atoms with van der Waals surface area (Å²) in [7, 11) is 0. The molecule has 160 valence electrons. The van der Waals surface area contributed by atoms with Gasteiger partial charge in [-0.05, 0) is 25.5 Å². The van der Waals surface area contributed by atoms with Crippen molar-refractivity contribution in [2.45, 2.75) is 26.4 Å². The topological polar surface area (TPSA) is 97.4 Å². The third-order valence-corrected chi connectivity index (χ3v) is 5.24. The summed E-state index contributed by atoms with van der Waals surface area (Å²) in [4.78, 5) is 40.9. The number of hydrogen-bond acceptors (Lipinski definition) is 6. The van der Waals surface area contributed by atoms with Crippen LogP contribution in [0.3, 0.4) is 0 Å². The van der Waals surface area contributed by atoms with E-state index >= 15 is 0 Å². The quantitative estimate of drug-likeness (QED) is 0.522. The normalized spacial score (nSPS) is 11.4. The average molecular weight is 438 g/mol. The molecule has 0 fully saturated rings. The van der Waals surface area contributed by atoms with E-state index in [0.717, 1.165) is 16.8 Å². The first-order chi connectivity index (χ1) is 14.9. The van der Waals surface area contributed by atoms with Crippen molar-refractivity contribution in [3.8, 4) is 11.3 Å². The lowest BCUT2D eigenvalue weighted by Crippen LogP contribution is -2.32. The SMILES string of the molecule is Cc1ccccc1C(=O)NCCC(=O)OC(C)C(=O)Nc1nc(-c2ccccc2)cs1. The highest BCUT2D eigenvalue weighted by Gasteiger charge is 2.19. The zero-order valence-corrected chi connectivity index (χ0v) is 18.1. The molecule has 2 amide bonds. The molecule has 8 heteroatoms. The van der Waals surface area contributed by atoms with Crippen molar-refractivity contribution in [1.82, 2.24) is 10.3 Å². The number of esters is 1. The van der Waals surface area contributed by atoms with E-state index in [4.69, 9.17) is 4.74 Å². The Morgan fingerprint density at radius 3 is 2.52 bits per heavy atom. The van der Waals surface area contributed by atoms with Crippen LogP contribution >= 0.6 is 11.3 Å². The summed E-state index contributed by atoms with van der Waals surface area (Å²) >= 11 is 1.29. The van der Waals surface area contributed by atoms with E-state index in [-0.39, 0.29) is 18.9 Å². The van der Waals surface area contributed by atoms with E-state index in [1.165, 1.54) is 18.3 Å². The fourth-order valence-electron chi connectivity index (χ4n) is 2.79. The molecule has 0 saturated carbocycles. The molecule has 0 aliphatic rings. The second-order valence-electron chi connectivity index (χ2n) is 6.85. The number of amides is 2. The van der Waals surface area contributed by atoms with Gasteiger partial charge >= 0.3 is 5.97 Å². The molecule has 31 heavy (non-hydrogen) atoms. The highest BCUT2D eigenvalue weighted by Crippen LogP contribution is 2.24. The Morgan fingerprint density at radius 2 is 1.77 bits per heavy atom. The number of aryl methyl sites for hydroxylation is 1. The van der Waals surface area contributed by atoms with Crippen LogP contribution in [-0.2, 0) is 14.3 Å². The maximum Gasteiger partial charge on any atom is 0.308 e. The first-order valence-electron chi connectivity index (χ1n) is 9.79. The van der Waals surface area contributed by atoms with Crippen LogP contribution < -0.4 is 10.6 Å². The second-order valence-corrected chi connectivity index (χ2v) is 7.70. The average Bonchev–Trinajstić information content (AvgIpc) is 3.23. The highest BCUT2D eigenvalue weighted by molar-refractivity contribution is 7.14. The molecule has 1 heterocycles. The van der Waals surface area contributed by atoms with E-state index in [2.05, 4.69) is 15.6 Å². The molecule has 0 bridgehead atoms. The van der Waals surface area contributed by atoms with Gasteiger partial charge in [-0.15, -0.1) is 11.3 Å². The summed E-state index contributed by atoms with van der Waals surface area (Å²) in [5, 5.41) is 7.62. The minimum atomic E-state index is -0.983. The van der Waals surface area contributed by atoms with Crippen LogP contribution in [-0.4, -0.2) is 35.4 Å². The number of nitrogens with one attached hydrogen (secondary N) is 2. The van der Waals surface area contributed by atoms with Gasteiger partial charge in [-0.25, -0.2) is 4.98 Å². The van der Waals surface area contributed by atoms with Gasteiger partial charge in [-0.3, -0.25) is 19.7 Å². The molecule has 1 atom stereocenters. The van der Waals surface area contributed by atoms with Crippen molar-refractivity contribution >= 4 is 34.3 Å². The lowest BCUT2D eigenvalue weighted by Gasteiger charge is -2.13. The van der Waals surface area contributed by atoms with Gasteiger partial charge < -0.3 is 10.1 Å². The first-order valence-corrected chi connectivity index (χ1v) is 10.7. The highest BCUT2D eigenvalue weighted by atomic mass is 32.1. The summed E-state index contributed by atoms with van der Waals surface area (Å²) in [6, 6.07) is 16.8. The van der Waals surface area contributed by atoms with Crippen LogP contribution in [0.25, 0.3) is 11.3 Å². The molecule has 1 aromatic heterocycles. The Kier molecular flexibility index (Phi) is 7.50. The van der Waals surface area contributed by atoms with Crippen LogP contribution in [0.2, 0.25) is 0 Å². The summed E-state index contributed by atoms with van der Waals surface area (Å²) in [6.45, 7) is 3.45. The minimum Gasteiger partial charge on any atom is -0.452 e. The number of ether oxygens (including phenoxy) is 1. The third-order valence-electron chi connectivity index (χ3n) is 4.49. The molecule has 2 N–H and O–H groups in total. The molecule has 3 aromatic rings. The molecule has 0 aliphatic carbocycles. The lowest BCUT2D eigenvalue weighted by atomic mass is 10.1. The van der Waals surface area contributed by atoms with Gasteiger partial charge in [0.1, 0.15) is 0 Å². The number of nitrogens with zero attached hydrogens (tertiary/aromatic N) is 1. The zero-order valence-electron chi connectivity index (χ0n) is 17.3. The Labute approximate surface area is 184 Å². The number of thiazole rings is 1.